The van der Waals surface area contributed by atoms with Gasteiger partial charge in [-0.2, -0.15) is 0 Å². The highest BCUT2D eigenvalue weighted by Gasteiger charge is 2.10. The Morgan fingerprint density at radius 1 is 1.47 bits per heavy atom. The van der Waals surface area contributed by atoms with Crippen LogP contribution in [0.1, 0.15) is 18.9 Å². The van der Waals surface area contributed by atoms with Gasteiger partial charge in [-0.1, -0.05) is 36.4 Å². The van der Waals surface area contributed by atoms with E-state index in [9.17, 15) is 5.11 Å². The predicted octanol–water partition coefficient (Wildman–Crippen LogP) is 3.09. The molecule has 102 valence electrons. The van der Waals surface area contributed by atoms with Crippen LogP contribution >= 0.6 is 23.4 Å². The molecule has 2 aromatic rings. The van der Waals surface area contributed by atoms with Crippen molar-refractivity contribution in [3.05, 3.63) is 35.1 Å². The Kier molecular flexibility index (Phi) is 4.85. The fourth-order valence-corrected chi connectivity index (χ4v) is 2.67. The number of aliphatic hydroxyl groups excluding tert-OH is 1. The monoisotopic (exact) mass is 297 g/mol. The van der Waals surface area contributed by atoms with Gasteiger partial charge in [0.05, 0.1) is 11.8 Å². The number of benzene rings is 1. The molecule has 19 heavy (non-hydrogen) atoms. The van der Waals surface area contributed by atoms with Crippen LogP contribution in [0.15, 0.2) is 29.7 Å². The summed E-state index contributed by atoms with van der Waals surface area (Å²) >= 11 is 7.62. The second-order valence-electron chi connectivity index (χ2n) is 4.29. The molecule has 2 rings (SSSR count). The molecule has 0 saturated carbocycles. The first-order valence-corrected chi connectivity index (χ1v) is 7.45. The lowest BCUT2D eigenvalue weighted by molar-refractivity contribution is 0.195. The molecule has 0 aliphatic rings. The number of thioether (sulfide) groups is 1. The van der Waals surface area contributed by atoms with Gasteiger partial charge in [-0.25, -0.2) is 0 Å². The molecular formula is C13H16ClN3OS. The van der Waals surface area contributed by atoms with Crippen LogP contribution in [0.3, 0.4) is 0 Å². The van der Waals surface area contributed by atoms with E-state index in [1.807, 2.05) is 36.6 Å². The molecule has 1 atom stereocenters. The summed E-state index contributed by atoms with van der Waals surface area (Å²) in [4.78, 5) is 0. The van der Waals surface area contributed by atoms with Crippen LogP contribution in [-0.2, 0) is 0 Å². The van der Waals surface area contributed by atoms with Crippen LogP contribution in [0, 0.1) is 6.92 Å². The maximum atomic E-state index is 9.60. The minimum absolute atomic E-state index is 0.322. The summed E-state index contributed by atoms with van der Waals surface area (Å²) in [7, 11) is 0. The maximum Gasteiger partial charge on any atom is 0.195 e. The molecule has 0 unspecified atom stereocenters. The van der Waals surface area contributed by atoms with E-state index in [0.717, 1.165) is 27.9 Å². The smallest absolute Gasteiger partial charge is 0.195 e. The molecule has 0 aliphatic carbocycles. The molecule has 1 aromatic carbocycles. The Hall–Kier alpha value is -1.04. The third-order valence-electron chi connectivity index (χ3n) is 2.83. The number of halogens is 1. The molecule has 4 nitrogen and oxygen atoms in total. The first-order chi connectivity index (χ1) is 9.11. The van der Waals surface area contributed by atoms with Gasteiger partial charge in [-0.05, 0) is 31.0 Å². The molecule has 6 heteroatoms. The van der Waals surface area contributed by atoms with Crippen LogP contribution < -0.4 is 0 Å². The molecule has 0 aliphatic heterocycles. The molecule has 0 radical (unpaired) electrons. The lowest BCUT2D eigenvalue weighted by Crippen LogP contribution is -2.08. The average Bonchev–Trinajstić information content (AvgIpc) is 2.87. The fraction of sp³-hybridized carbons (Fsp3) is 0.385. The van der Waals surface area contributed by atoms with E-state index in [1.54, 1.807) is 6.33 Å². The van der Waals surface area contributed by atoms with Crippen molar-refractivity contribution in [1.82, 2.24) is 14.8 Å². The minimum Gasteiger partial charge on any atom is -0.392 e. The summed E-state index contributed by atoms with van der Waals surface area (Å²) in [6.45, 7) is 3.92. The van der Waals surface area contributed by atoms with Crippen LogP contribution in [0.2, 0.25) is 5.02 Å². The van der Waals surface area contributed by atoms with Crippen molar-refractivity contribution in [2.45, 2.75) is 31.5 Å². The standard InChI is InChI=1S/C13H16ClN3OS/c1-3-11(18)7-19-13-16-15-8-17(13)10-5-4-9(2)12(14)6-10/h4-6,8,11,18H,3,7H2,1-2H3/t11-/m0/s1. The quantitative estimate of drug-likeness (QED) is 0.862. The van der Waals surface area contributed by atoms with Gasteiger partial charge in [0.1, 0.15) is 6.33 Å². The van der Waals surface area contributed by atoms with Gasteiger partial charge in [0.25, 0.3) is 0 Å². The minimum atomic E-state index is -0.322. The van der Waals surface area contributed by atoms with Gasteiger partial charge in [0, 0.05) is 10.8 Å². The third kappa shape index (κ3) is 3.49. The number of aliphatic hydroxyl groups is 1. The zero-order valence-electron chi connectivity index (χ0n) is 10.9. The first-order valence-electron chi connectivity index (χ1n) is 6.09. The van der Waals surface area contributed by atoms with E-state index in [4.69, 9.17) is 11.6 Å². The Morgan fingerprint density at radius 2 is 2.26 bits per heavy atom. The van der Waals surface area contributed by atoms with Crippen molar-refractivity contribution >= 4 is 23.4 Å². The number of hydrogen-bond donors (Lipinski definition) is 1. The summed E-state index contributed by atoms with van der Waals surface area (Å²) in [6.07, 6.45) is 2.07. The van der Waals surface area contributed by atoms with E-state index in [-0.39, 0.29) is 6.10 Å². The summed E-state index contributed by atoms with van der Waals surface area (Å²) in [5, 5.41) is 19.1. The van der Waals surface area contributed by atoms with Crippen molar-refractivity contribution in [2.75, 3.05) is 5.75 Å². The number of rotatable bonds is 5. The highest BCUT2D eigenvalue weighted by Crippen LogP contribution is 2.24. The summed E-state index contributed by atoms with van der Waals surface area (Å²) in [5.74, 6) is 0.606. The highest BCUT2D eigenvalue weighted by atomic mass is 35.5. The topological polar surface area (TPSA) is 50.9 Å². The summed E-state index contributed by atoms with van der Waals surface area (Å²) in [6, 6.07) is 5.83. The maximum absolute atomic E-state index is 9.60. The Balaban J connectivity index is 2.21. The van der Waals surface area contributed by atoms with Crippen LogP contribution in [0.25, 0.3) is 5.69 Å². The molecule has 0 fully saturated rings. The predicted molar refractivity (Wildman–Crippen MR) is 78.1 cm³/mol. The largest absolute Gasteiger partial charge is 0.392 e. The van der Waals surface area contributed by atoms with E-state index < -0.39 is 0 Å². The zero-order valence-corrected chi connectivity index (χ0v) is 12.4. The highest BCUT2D eigenvalue weighted by molar-refractivity contribution is 7.99. The van der Waals surface area contributed by atoms with Gasteiger partial charge in [-0.15, -0.1) is 10.2 Å². The van der Waals surface area contributed by atoms with Gasteiger partial charge in [0.15, 0.2) is 5.16 Å². The van der Waals surface area contributed by atoms with Crippen molar-refractivity contribution in [2.24, 2.45) is 0 Å². The van der Waals surface area contributed by atoms with Crippen molar-refractivity contribution in [3.63, 3.8) is 0 Å². The number of hydrogen-bond acceptors (Lipinski definition) is 4. The molecule has 0 saturated heterocycles. The normalized spacial score (nSPS) is 12.6. The number of nitrogens with zero attached hydrogens (tertiary/aromatic N) is 3. The van der Waals surface area contributed by atoms with Crippen molar-refractivity contribution < 1.29 is 5.11 Å². The first kappa shape index (κ1) is 14.4. The van der Waals surface area contributed by atoms with E-state index >= 15 is 0 Å². The Labute approximate surface area is 121 Å². The summed E-state index contributed by atoms with van der Waals surface area (Å²) in [5.41, 5.74) is 1.96. The number of aryl methyl sites for hydroxylation is 1. The van der Waals surface area contributed by atoms with Crippen LogP contribution in [0.5, 0.6) is 0 Å². The molecule has 0 bridgehead atoms. The molecule has 0 spiro atoms. The molecule has 0 amide bonds. The van der Waals surface area contributed by atoms with Crippen molar-refractivity contribution in [3.8, 4) is 5.69 Å². The lowest BCUT2D eigenvalue weighted by atomic mass is 10.2. The molecule has 1 heterocycles. The number of aromatic nitrogens is 3. The SMILES string of the molecule is CC[C@H](O)CSc1nncn1-c1ccc(C)c(Cl)c1. The van der Waals surface area contributed by atoms with E-state index in [0.29, 0.717) is 5.75 Å². The third-order valence-corrected chi connectivity index (χ3v) is 4.32. The fourth-order valence-electron chi connectivity index (χ4n) is 1.52. The van der Waals surface area contributed by atoms with Gasteiger partial charge >= 0.3 is 0 Å². The summed E-state index contributed by atoms with van der Waals surface area (Å²) < 4.78 is 1.87. The molecule has 1 N–H and O–H groups in total. The lowest BCUT2D eigenvalue weighted by Gasteiger charge is -2.09. The second kappa shape index (κ2) is 6.41. The van der Waals surface area contributed by atoms with Gasteiger partial charge in [0.2, 0.25) is 0 Å². The Bertz CT molecular complexity index is 559. The van der Waals surface area contributed by atoms with Crippen LogP contribution in [-0.4, -0.2) is 31.7 Å². The van der Waals surface area contributed by atoms with Crippen LogP contribution in [0.4, 0.5) is 0 Å². The van der Waals surface area contributed by atoms with Gasteiger partial charge in [-0.3, -0.25) is 4.57 Å². The van der Waals surface area contributed by atoms with Gasteiger partial charge < -0.3 is 5.11 Å². The Morgan fingerprint density at radius 3 is 2.95 bits per heavy atom. The average molecular weight is 298 g/mol. The van der Waals surface area contributed by atoms with E-state index in [2.05, 4.69) is 10.2 Å². The molecule has 1 aromatic heterocycles. The zero-order chi connectivity index (χ0) is 13.8. The van der Waals surface area contributed by atoms with Crippen molar-refractivity contribution in [1.29, 1.82) is 0 Å². The molecular weight excluding hydrogens is 282 g/mol. The van der Waals surface area contributed by atoms with E-state index in [1.165, 1.54) is 11.8 Å². The second-order valence-corrected chi connectivity index (χ2v) is 5.68.